The molecule has 122 valence electrons. The van der Waals surface area contributed by atoms with Gasteiger partial charge in [0.2, 0.25) is 0 Å². The number of fused-ring (bicyclic) bond motifs is 1. The van der Waals surface area contributed by atoms with E-state index >= 15 is 0 Å². The predicted octanol–water partition coefficient (Wildman–Crippen LogP) is 2.56. The number of aliphatic hydroxyl groups excluding tert-OH is 1. The standard InChI is InChI=1S/C17H17F2NO3/c18-13-5-4-11(8-14(13)19)15(21)10-20-9-12-2-1-3-16-17(12)23-7-6-22-16/h1-5,8,15,20-21H,6-7,9-10H2/t15-/m1/s1. The summed E-state index contributed by atoms with van der Waals surface area (Å²) >= 11 is 0. The second kappa shape index (κ2) is 6.93. The molecule has 3 rings (SSSR count). The minimum Gasteiger partial charge on any atom is -0.486 e. The van der Waals surface area contributed by atoms with Gasteiger partial charge in [0.1, 0.15) is 13.2 Å². The highest BCUT2D eigenvalue weighted by Crippen LogP contribution is 2.33. The zero-order chi connectivity index (χ0) is 16.2. The van der Waals surface area contributed by atoms with Gasteiger partial charge in [-0.25, -0.2) is 8.78 Å². The molecule has 23 heavy (non-hydrogen) atoms. The second-order valence-corrected chi connectivity index (χ2v) is 5.26. The molecular weight excluding hydrogens is 304 g/mol. The summed E-state index contributed by atoms with van der Waals surface area (Å²) in [5.74, 6) is -0.489. The van der Waals surface area contributed by atoms with Crippen LogP contribution in [0.2, 0.25) is 0 Å². The molecule has 1 atom stereocenters. The van der Waals surface area contributed by atoms with E-state index in [9.17, 15) is 13.9 Å². The van der Waals surface area contributed by atoms with Gasteiger partial charge in [-0.05, 0) is 23.8 Å². The van der Waals surface area contributed by atoms with Crippen LogP contribution in [0.25, 0.3) is 0 Å². The van der Waals surface area contributed by atoms with Crippen LogP contribution >= 0.6 is 0 Å². The van der Waals surface area contributed by atoms with Crippen LogP contribution in [0.3, 0.4) is 0 Å². The van der Waals surface area contributed by atoms with Gasteiger partial charge in [-0.3, -0.25) is 0 Å². The van der Waals surface area contributed by atoms with E-state index in [1.807, 2.05) is 18.2 Å². The third kappa shape index (κ3) is 3.60. The molecule has 1 aliphatic heterocycles. The molecule has 0 bridgehead atoms. The maximum atomic E-state index is 13.2. The number of benzene rings is 2. The normalized spacial score (nSPS) is 14.6. The van der Waals surface area contributed by atoms with Gasteiger partial charge in [0.25, 0.3) is 0 Å². The van der Waals surface area contributed by atoms with Crippen molar-refractivity contribution in [2.24, 2.45) is 0 Å². The topological polar surface area (TPSA) is 50.7 Å². The molecule has 0 radical (unpaired) electrons. The molecule has 1 heterocycles. The number of ether oxygens (including phenoxy) is 2. The zero-order valence-electron chi connectivity index (χ0n) is 12.4. The van der Waals surface area contributed by atoms with Gasteiger partial charge in [-0.15, -0.1) is 0 Å². The van der Waals surface area contributed by atoms with Crippen molar-refractivity contribution in [1.29, 1.82) is 0 Å². The minimum absolute atomic E-state index is 0.204. The number of halogens is 2. The summed E-state index contributed by atoms with van der Waals surface area (Å²) in [7, 11) is 0. The Morgan fingerprint density at radius 3 is 2.74 bits per heavy atom. The van der Waals surface area contributed by atoms with Crippen LogP contribution in [-0.4, -0.2) is 24.9 Å². The summed E-state index contributed by atoms with van der Waals surface area (Å²) in [6.45, 7) is 1.70. The van der Waals surface area contributed by atoms with Gasteiger partial charge >= 0.3 is 0 Å². The van der Waals surface area contributed by atoms with E-state index in [-0.39, 0.29) is 6.54 Å². The van der Waals surface area contributed by atoms with Gasteiger partial charge in [-0.2, -0.15) is 0 Å². The molecule has 2 N–H and O–H groups in total. The van der Waals surface area contributed by atoms with Crippen molar-refractivity contribution in [3.8, 4) is 11.5 Å². The molecule has 0 spiro atoms. The summed E-state index contributed by atoms with van der Waals surface area (Å²) in [6, 6.07) is 9.00. The zero-order valence-corrected chi connectivity index (χ0v) is 12.4. The number of para-hydroxylation sites is 1. The summed E-state index contributed by atoms with van der Waals surface area (Å²) in [5.41, 5.74) is 1.24. The van der Waals surface area contributed by atoms with Crippen molar-refractivity contribution < 1.29 is 23.4 Å². The summed E-state index contributed by atoms with van der Waals surface area (Å²) in [4.78, 5) is 0. The first kappa shape index (κ1) is 15.7. The first-order valence-electron chi connectivity index (χ1n) is 7.36. The van der Waals surface area contributed by atoms with Crippen molar-refractivity contribution in [3.63, 3.8) is 0 Å². The van der Waals surface area contributed by atoms with Crippen molar-refractivity contribution in [2.45, 2.75) is 12.6 Å². The van der Waals surface area contributed by atoms with Crippen LogP contribution in [0, 0.1) is 11.6 Å². The summed E-state index contributed by atoms with van der Waals surface area (Å²) in [5, 5.41) is 13.1. The molecule has 0 saturated carbocycles. The molecule has 0 amide bonds. The fourth-order valence-electron chi connectivity index (χ4n) is 2.45. The number of aliphatic hydroxyl groups is 1. The van der Waals surface area contributed by atoms with Gasteiger partial charge in [-0.1, -0.05) is 18.2 Å². The van der Waals surface area contributed by atoms with Crippen molar-refractivity contribution >= 4 is 0 Å². The Hall–Kier alpha value is -2.18. The Labute approximate surface area is 132 Å². The van der Waals surface area contributed by atoms with Crippen molar-refractivity contribution in [2.75, 3.05) is 19.8 Å². The lowest BCUT2D eigenvalue weighted by Crippen LogP contribution is -2.23. The van der Waals surface area contributed by atoms with E-state index in [4.69, 9.17) is 9.47 Å². The van der Waals surface area contributed by atoms with E-state index in [0.717, 1.165) is 17.7 Å². The predicted molar refractivity (Wildman–Crippen MR) is 80.5 cm³/mol. The Bertz CT molecular complexity index is 694. The molecule has 4 nitrogen and oxygen atoms in total. The number of nitrogens with one attached hydrogen (secondary N) is 1. The largest absolute Gasteiger partial charge is 0.486 e. The molecular formula is C17H17F2NO3. The smallest absolute Gasteiger partial charge is 0.165 e. The SMILES string of the molecule is O[C@H](CNCc1cccc2c1OCCO2)c1ccc(F)c(F)c1. The van der Waals surface area contributed by atoms with Gasteiger partial charge < -0.3 is 19.9 Å². The number of rotatable bonds is 5. The van der Waals surface area contributed by atoms with Crippen LogP contribution in [0.4, 0.5) is 8.78 Å². The van der Waals surface area contributed by atoms with Crippen LogP contribution < -0.4 is 14.8 Å². The van der Waals surface area contributed by atoms with E-state index < -0.39 is 17.7 Å². The van der Waals surface area contributed by atoms with Crippen LogP contribution in [0.1, 0.15) is 17.2 Å². The van der Waals surface area contributed by atoms with E-state index in [0.29, 0.717) is 36.8 Å². The Morgan fingerprint density at radius 1 is 1.09 bits per heavy atom. The molecule has 2 aromatic rings. The van der Waals surface area contributed by atoms with Crippen molar-refractivity contribution in [1.82, 2.24) is 5.32 Å². The molecule has 1 aliphatic rings. The Balaban J connectivity index is 1.60. The molecule has 0 aromatic heterocycles. The van der Waals surface area contributed by atoms with Crippen molar-refractivity contribution in [3.05, 3.63) is 59.2 Å². The monoisotopic (exact) mass is 321 g/mol. The van der Waals surface area contributed by atoms with E-state index in [1.54, 1.807) is 0 Å². The fourth-order valence-corrected chi connectivity index (χ4v) is 2.45. The Kier molecular flexibility index (Phi) is 4.73. The first-order chi connectivity index (χ1) is 11.1. The maximum absolute atomic E-state index is 13.2. The average Bonchev–Trinajstić information content (AvgIpc) is 2.57. The molecule has 0 fully saturated rings. The third-order valence-electron chi connectivity index (χ3n) is 3.63. The van der Waals surface area contributed by atoms with Gasteiger partial charge in [0.05, 0.1) is 6.10 Å². The lowest BCUT2D eigenvalue weighted by atomic mass is 10.1. The number of hydrogen-bond donors (Lipinski definition) is 2. The highest BCUT2D eigenvalue weighted by Gasteiger charge is 2.16. The first-order valence-corrected chi connectivity index (χ1v) is 7.36. The maximum Gasteiger partial charge on any atom is 0.165 e. The lowest BCUT2D eigenvalue weighted by molar-refractivity contribution is 0.166. The average molecular weight is 321 g/mol. The summed E-state index contributed by atoms with van der Waals surface area (Å²) in [6.07, 6.45) is -0.929. The van der Waals surface area contributed by atoms with Crippen LogP contribution in [0.15, 0.2) is 36.4 Å². The molecule has 2 aromatic carbocycles. The Morgan fingerprint density at radius 2 is 1.91 bits per heavy atom. The van der Waals surface area contributed by atoms with Gasteiger partial charge in [0.15, 0.2) is 23.1 Å². The van der Waals surface area contributed by atoms with Crippen LogP contribution in [-0.2, 0) is 6.54 Å². The van der Waals surface area contributed by atoms with Gasteiger partial charge in [0, 0.05) is 18.7 Å². The molecule has 0 saturated heterocycles. The third-order valence-corrected chi connectivity index (χ3v) is 3.63. The van der Waals surface area contributed by atoms with E-state index in [1.165, 1.54) is 6.07 Å². The molecule has 0 aliphatic carbocycles. The highest BCUT2D eigenvalue weighted by molar-refractivity contribution is 5.47. The fraction of sp³-hybridized carbons (Fsp3) is 0.294. The molecule has 6 heteroatoms. The lowest BCUT2D eigenvalue weighted by Gasteiger charge is -2.21. The van der Waals surface area contributed by atoms with E-state index in [2.05, 4.69) is 5.32 Å². The minimum atomic E-state index is -0.968. The van der Waals surface area contributed by atoms with Crippen LogP contribution in [0.5, 0.6) is 11.5 Å². The second-order valence-electron chi connectivity index (χ2n) is 5.26. The highest BCUT2D eigenvalue weighted by atomic mass is 19.2. The number of hydrogen-bond acceptors (Lipinski definition) is 4. The quantitative estimate of drug-likeness (QED) is 0.889. The molecule has 0 unspecified atom stereocenters. The summed E-state index contributed by atoms with van der Waals surface area (Å²) < 4.78 is 37.2.